The average molecular weight is 479 g/mol. The highest BCUT2D eigenvalue weighted by atomic mass is 35.6. The van der Waals surface area contributed by atoms with Crippen LogP contribution in [-0.2, 0) is 0 Å². The molecule has 5 nitrogen and oxygen atoms in total. The third kappa shape index (κ3) is 6.50. The highest BCUT2D eigenvalue weighted by molar-refractivity contribution is 7.80. The second kappa shape index (κ2) is 9.76. The van der Waals surface area contributed by atoms with Gasteiger partial charge < -0.3 is 16.0 Å². The van der Waals surface area contributed by atoms with Crippen molar-refractivity contribution in [2.24, 2.45) is 0 Å². The number of hydrogen-bond donors (Lipinski definition) is 3. The molecule has 0 aliphatic rings. The Balaban J connectivity index is 2.07. The Morgan fingerprint density at radius 3 is 2.14 bits per heavy atom. The van der Waals surface area contributed by atoms with Gasteiger partial charge in [0.1, 0.15) is 6.17 Å². The summed E-state index contributed by atoms with van der Waals surface area (Å²) in [4.78, 5) is 23.8. The zero-order valence-electron chi connectivity index (χ0n) is 14.4. The third-order valence-corrected chi connectivity index (χ3v) is 4.75. The molecule has 2 rings (SSSR count). The predicted molar refractivity (Wildman–Crippen MR) is 119 cm³/mol. The number of benzene rings is 2. The van der Waals surface area contributed by atoms with Crippen LogP contribution in [0.2, 0.25) is 5.02 Å². The highest BCUT2D eigenvalue weighted by Gasteiger charge is 2.35. The third-order valence-electron chi connectivity index (χ3n) is 3.55. The molecule has 0 saturated heterocycles. The molecule has 148 valence electrons. The number of halogens is 4. The van der Waals surface area contributed by atoms with Crippen LogP contribution in [0.3, 0.4) is 0 Å². The second-order valence-electron chi connectivity index (χ2n) is 5.66. The van der Waals surface area contributed by atoms with Gasteiger partial charge in [0.05, 0.1) is 10.6 Å². The molecular formula is C18H15Cl4N3O2S. The number of amides is 1. The van der Waals surface area contributed by atoms with Crippen molar-refractivity contribution in [1.29, 1.82) is 0 Å². The number of anilines is 1. The van der Waals surface area contributed by atoms with Gasteiger partial charge in [0.25, 0.3) is 5.91 Å². The summed E-state index contributed by atoms with van der Waals surface area (Å²) in [5.41, 5.74) is 1.41. The number of hydrogen-bond acceptors (Lipinski definition) is 3. The lowest BCUT2D eigenvalue weighted by Gasteiger charge is -2.28. The fourth-order valence-electron chi connectivity index (χ4n) is 2.14. The summed E-state index contributed by atoms with van der Waals surface area (Å²) in [6.45, 7) is 1.47. The molecule has 2 aromatic carbocycles. The van der Waals surface area contributed by atoms with Gasteiger partial charge in [0.2, 0.25) is 3.79 Å². The monoisotopic (exact) mass is 477 g/mol. The SMILES string of the molecule is CC(=O)c1ccc(NC(=S)N[C@H](NC(=O)c2ccccc2Cl)C(Cl)(Cl)Cl)cc1. The molecule has 28 heavy (non-hydrogen) atoms. The molecule has 0 aliphatic carbocycles. The van der Waals surface area contributed by atoms with Crippen molar-refractivity contribution in [3.63, 3.8) is 0 Å². The molecule has 0 saturated carbocycles. The molecule has 1 amide bonds. The van der Waals surface area contributed by atoms with E-state index in [0.29, 0.717) is 11.3 Å². The molecule has 1 atom stereocenters. The van der Waals surface area contributed by atoms with E-state index in [9.17, 15) is 9.59 Å². The van der Waals surface area contributed by atoms with Crippen LogP contribution < -0.4 is 16.0 Å². The van der Waals surface area contributed by atoms with Crippen LogP contribution in [0.4, 0.5) is 5.69 Å². The van der Waals surface area contributed by atoms with E-state index in [0.717, 1.165) is 0 Å². The van der Waals surface area contributed by atoms with E-state index in [1.807, 2.05) is 0 Å². The van der Waals surface area contributed by atoms with E-state index >= 15 is 0 Å². The van der Waals surface area contributed by atoms with Crippen molar-refractivity contribution < 1.29 is 9.59 Å². The first-order valence-corrected chi connectivity index (χ1v) is 9.80. The Morgan fingerprint density at radius 2 is 1.61 bits per heavy atom. The minimum Gasteiger partial charge on any atom is -0.339 e. The molecule has 2 aromatic rings. The molecule has 0 fully saturated rings. The van der Waals surface area contributed by atoms with Gasteiger partial charge in [-0.05, 0) is 55.5 Å². The molecule has 0 bridgehead atoms. The molecule has 3 N–H and O–H groups in total. The van der Waals surface area contributed by atoms with Crippen molar-refractivity contribution in [2.75, 3.05) is 5.32 Å². The number of thiocarbonyl (C=S) groups is 1. The van der Waals surface area contributed by atoms with Crippen molar-refractivity contribution in [1.82, 2.24) is 10.6 Å². The van der Waals surface area contributed by atoms with E-state index in [2.05, 4.69) is 16.0 Å². The fourth-order valence-corrected chi connectivity index (χ4v) is 2.93. The van der Waals surface area contributed by atoms with Gasteiger partial charge in [0.15, 0.2) is 10.9 Å². The van der Waals surface area contributed by atoms with Crippen LogP contribution in [-0.4, -0.2) is 26.8 Å². The number of ketones is 1. The van der Waals surface area contributed by atoms with Gasteiger partial charge in [-0.3, -0.25) is 9.59 Å². The van der Waals surface area contributed by atoms with E-state index in [-0.39, 0.29) is 21.5 Å². The zero-order valence-corrected chi connectivity index (χ0v) is 18.3. The maximum Gasteiger partial charge on any atom is 0.254 e. The maximum absolute atomic E-state index is 12.5. The predicted octanol–water partition coefficient (Wildman–Crippen LogP) is 4.96. The van der Waals surface area contributed by atoms with Crippen LogP contribution in [0, 0.1) is 0 Å². The van der Waals surface area contributed by atoms with Crippen molar-refractivity contribution in [3.05, 3.63) is 64.7 Å². The van der Waals surface area contributed by atoms with E-state index in [4.69, 9.17) is 58.6 Å². The number of Topliss-reactive ketones (excluding diaryl/α,β-unsaturated/α-hetero) is 1. The molecule has 10 heteroatoms. The van der Waals surface area contributed by atoms with Crippen LogP contribution in [0.15, 0.2) is 48.5 Å². The first kappa shape index (κ1) is 22.7. The fraction of sp³-hybridized carbons (Fsp3) is 0.167. The van der Waals surface area contributed by atoms with Gasteiger partial charge in [-0.25, -0.2) is 0 Å². The summed E-state index contributed by atoms with van der Waals surface area (Å²) < 4.78 is -1.90. The Hall–Kier alpha value is -1.57. The minimum absolute atomic E-state index is 0.0502. The molecule has 0 heterocycles. The minimum atomic E-state index is -1.90. The lowest BCUT2D eigenvalue weighted by molar-refractivity contribution is 0.0934. The van der Waals surface area contributed by atoms with Crippen LogP contribution in [0.25, 0.3) is 0 Å². The molecule has 0 unspecified atom stereocenters. The number of rotatable bonds is 5. The maximum atomic E-state index is 12.5. The quantitative estimate of drug-likeness (QED) is 0.245. The first-order chi connectivity index (χ1) is 13.1. The normalized spacial score (nSPS) is 12.0. The van der Waals surface area contributed by atoms with Gasteiger partial charge in [-0.1, -0.05) is 58.5 Å². The lowest BCUT2D eigenvalue weighted by Crippen LogP contribution is -2.56. The summed E-state index contributed by atoms with van der Waals surface area (Å²) in [6.07, 6.45) is -1.14. The summed E-state index contributed by atoms with van der Waals surface area (Å²) in [6, 6.07) is 13.1. The van der Waals surface area contributed by atoms with Gasteiger partial charge in [0, 0.05) is 11.3 Å². The lowest BCUT2D eigenvalue weighted by atomic mass is 10.1. The van der Waals surface area contributed by atoms with Crippen molar-refractivity contribution in [2.45, 2.75) is 16.9 Å². The van der Waals surface area contributed by atoms with E-state index in [1.54, 1.807) is 48.5 Å². The average Bonchev–Trinajstić information content (AvgIpc) is 2.61. The van der Waals surface area contributed by atoms with Crippen LogP contribution in [0.1, 0.15) is 27.6 Å². The molecular weight excluding hydrogens is 464 g/mol. The smallest absolute Gasteiger partial charge is 0.254 e. The molecule has 0 spiro atoms. The van der Waals surface area contributed by atoms with Gasteiger partial charge in [-0.15, -0.1) is 0 Å². The summed E-state index contributed by atoms with van der Waals surface area (Å²) in [5.74, 6) is -0.589. The van der Waals surface area contributed by atoms with Crippen molar-refractivity contribution >= 4 is 81.1 Å². The van der Waals surface area contributed by atoms with Crippen LogP contribution in [0.5, 0.6) is 0 Å². The largest absolute Gasteiger partial charge is 0.339 e. The van der Waals surface area contributed by atoms with E-state index in [1.165, 1.54) is 6.92 Å². The number of nitrogens with one attached hydrogen (secondary N) is 3. The van der Waals surface area contributed by atoms with Crippen LogP contribution >= 0.6 is 58.6 Å². The summed E-state index contributed by atoms with van der Waals surface area (Å²) >= 11 is 29.1. The zero-order chi connectivity index (χ0) is 20.9. The van der Waals surface area contributed by atoms with Gasteiger partial charge in [-0.2, -0.15) is 0 Å². The van der Waals surface area contributed by atoms with E-state index < -0.39 is 15.9 Å². The second-order valence-corrected chi connectivity index (χ2v) is 8.84. The Morgan fingerprint density at radius 1 is 1.00 bits per heavy atom. The topological polar surface area (TPSA) is 70.2 Å². The molecule has 0 radical (unpaired) electrons. The number of carbonyl (C=O) groups is 2. The Kier molecular flexibility index (Phi) is 7.92. The first-order valence-electron chi connectivity index (χ1n) is 7.88. The molecule has 0 aliphatic heterocycles. The number of carbonyl (C=O) groups excluding carboxylic acids is 2. The highest BCUT2D eigenvalue weighted by Crippen LogP contribution is 2.29. The van der Waals surface area contributed by atoms with Gasteiger partial charge >= 0.3 is 0 Å². The Bertz CT molecular complexity index is 885. The number of alkyl halides is 3. The van der Waals surface area contributed by atoms with Crippen molar-refractivity contribution in [3.8, 4) is 0 Å². The summed E-state index contributed by atoms with van der Waals surface area (Å²) in [5, 5.41) is 8.55. The Labute approximate surface area is 187 Å². The molecule has 0 aromatic heterocycles. The standard InChI is InChI=1S/C18H15Cl4N3O2S/c1-10(26)11-6-8-12(9-7-11)23-17(28)25-16(18(20,21)22)24-15(27)13-4-2-3-5-14(13)19/h2-9,16H,1H3,(H,24,27)(H2,23,25,28)/t16-/m0/s1. The summed E-state index contributed by atoms with van der Waals surface area (Å²) in [7, 11) is 0.